The Morgan fingerprint density at radius 3 is 2.91 bits per heavy atom. The zero-order valence-electron chi connectivity index (χ0n) is 6.96. The van der Waals surface area contributed by atoms with Gasteiger partial charge in [0.1, 0.15) is 0 Å². The number of nitrogens with zero attached hydrogens (tertiary/aromatic N) is 1. The van der Waals surface area contributed by atoms with E-state index in [9.17, 15) is 4.39 Å². The van der Waals surface area contributed by atoms with Crippen LogP contribution in [0.3, 0.4) is 0 Å². The molecular formula is C8H16FNO. The van der Waals surface area contributed by atoms with E-state index in [-0.39, 0.29) is 6.10 Å². The SMILES string of the molecule is CC(F)CCN1CC[C@H](O)C1. The summed E-state index contributed by atoms with van der Waals surface area (Å²) in [7, 11) is 0. The van der Waals surface area contributed by atoms with Crippen LogP contribution in [0.5, 0.6) is 0 Å². The molecule has 1 unspecified atom stereocenters. The first-order valence-electron chi connectivity index (χ1n) is 4.23. The fourth-order valence-electron chi connectivity index (χ4n) is 1.38. The highest BCUT2D eigenvalue weighted by atomic mass is 19.1. The summed E-state index contributed by atoms with van der Waals surface area (Å²) in [5, 5.41) is 9.13. The Morgan fingerprint density at radius 1 is 1.73 bits per heavy atom. The van der Waals surface area contributed by atoms with E-state index >= 15 is 0 Å². The highest BCUT2D eigenvalue weighted by Gasteiger charge is 2.19. The van der Waals surface area contributed by atoms with Crippen LogP contribution in [0.4, 0.5) is 4.39 Å². The van der Waals surface area contributed by atoms with Gasteiger partial charge in [0, 0.05) is 19.6 Å². The highest BCUT2D eigenvalue weighted by molar-refractivity contribution is 4.74. The van der Waals surface area contributed by atoms with E-state index in [1.807, 2.05) is 0 Å². The maximum atomic E-state index is 12.4. The molecule has 0 aromatic heterocycles. The molecule has 2 atom stereocenters. The molecule has 2 nitrogen and oxygen atoms in total. The minimum atomic E-state index is -0.715. The summed E-state index contributed by atoms with van der Waals surface area (Å²) in [5.41, 5.74) is 0. The molecule has 0 spiro atoms. The molecule has 0 aliphatic carbocycles. The predicted molar refractivity (Wildman–Crippen MR) is 42.3 cm³/mol. The summed E-state index contributed by atoms with van der Waals surface area (Å²) in [6.07, 6.45) is 0.547. The fourth-order valence-corrected chi connectivity index (χ4v) is 1.38. The van der Waals surface area contributed by atoms with Crippen molar-refractivity contribution >= 4 is 0 Å². The van der Waals surface area contributed by atoms with Crippen LogP contribution in [0.15, 0.2) is 0 Å². The van der Waals surface area contributed by atoms with E-state index in [2.05, 4.69) is 4.90 Å². The summed E-state index contributed by atoms with van der Waals surface area (Å²) in [5.74, 6) is 0. The predicted octanol–water partition coefficient (Wildman–Crippen LogP) is 0.801. The third kappa shape index (κ3) is 3.16. The molecule has 1 saturated heterocycles. The molecule has 11 heavy (non-hydrogen) atoms. The van der Waals surface area contributed by atoms with E-state index in [4.69, 9.17) is 5.11 Å². The Labute approximate surface area is 67.0 Å². The molecule has 1 aliphatic rings. The third-order valence-electron chi connectivity index (χ3n) is 2.09. The largest absolute Gasteiger partial charge is 0.392 e. The number of hydrogen-bond acceptors (Lipinski definition) is 2. The monoisotopic (exact) mass is 161 g/mol. The lowest BCUT2D eigenvalue weighted by atomic mass is 10.3. The quantitative estimate of drug-likeness (QED) is 0.662. The smallest absolute Gasteiger partial charge is 0.0985 e. The molecule has 0 bridgehead atoms. The number of hydrogen-bond donors (Lipinski definition) is 1. The zero-order valence-corrected chi connectivity index (χ0v) is 6.96. The standard InChI is InChI=1S/C8H16FNO/c1-7(9)2-4-10-5-3-8(11)6-10/h7-8,11H,2-6H2,1H3/t7?,8-/m0/s1. The van der Waals surface area contributed by atoms with Gasteiger partial charge in [-0.25, -0.2) is 4.39 Å². The molecule has 1 aliphatic heterocycles. The van der Waals surface area contributed by atoms with Crippen molar-refractivity contribution in [3.63, 3.8) is 0 Å². The number of β-amino-alcohol motifs (C(OH)–C–C–N with tert-alkyl or cyclic N) is 1. The van der Waals surface area contributed by atoms with Gasteiger partial charge < -0.3 is 10.0 Å². The van der Waals surface area contributed by atoms with Gasteiger partial charge in [0.2, 0.25) is 0 Å². The number of halogens is 1. The van der Waals surface area contributed by atoms with E-state index in [0.29, 0.717) is 6.42 Å². The summed E-state index contributed by atoms with van der Waals surface area (Å²) < 4.78 is 12.4. The molecule has 3 heteroatoms. The second-order valence-corrected chi connectivity index (χ2v) is 3.31. The normalized spacial score (nSPS) is 29.2. The van der Waals surface area contributed by atoms with Crippen LogP contribution in [-0.4, -0.2) is 41.9 Å². The van der Waals surface area contributed by atoms with Gasteiger partial charge in [0.25, 0.3) is 0 Å². The van der Waals surface area contributed by atoms with E-state index in [1.54, 1.807) is 6.92 Å². The minimum Gasteiger partial charge on any atom is -0.392 e. The zero-order chi connectivity index (χ0) is 8.27. The van der Waals surface area contributed by atoms with Gasteiger partial charge >= 0.3 is 0 Å². The summed E-state index contributed by atoms with van der Waals surface area (Å²) in [4.78, 5) is 2.11. The lowest BCUT2D eigenvalue weighted by Gasteiger charge is -2.14. The topological polar surface area (TPSA) is 23.5 Å². The third-order valence-corrected chi connectivity index (χ3v) is 2.09. The Kier molecular flexibility index (Phi) is 3.27. The molecule has 1 heterocycles. The Bertz CT molecular complexity index is 119. The van der Waals surface area contributed by atoms with Crippen molar-refractivity contribution in [2.24, 2.45) is 0 Å². The van der Waals surface area contributed by atoms with Crippen LogP contribution < -0.4 is 0 Å². The van der Waals surface area contributed by atoms with E-state index in [1.165, 1.54) is 0 Å². The van der Waals surface area contributed by atoms with Gasteiger partial charge in [-0.1, -0.05) is 0 Å². The van der Waals surface area contributed by atoms with Crippen molar-refractivity contribution in [1.82, 2.24) is 4.90 Å². The average Bonchev–Trinajstić information content (AvgIpc) is 2.31. The van der Waals surface area contributed by atoms with Crippen molar-refractivity contribution < 1.29 is 9.50 Å². The van der Waals surface area contributed by atoms with Crippen LogP contribution in [0.1, 0.15) is 19.8 Å². The summed E-state index contributed by atoms with van der Waals surface area (Å²) in [6, 6.07) is 0. The van der Waals surface area contributed by atoms with Crippen LogP contribution in [0.25, 0.3) is 0 Å². The van der Waals surface area contributed by atoms with Gasteiger partial charge in [0.05, 0.1) is 12.3 Å². The second kappa shape index (κ2) is 4.02. The lowest BCUT2D eigenvalue weighted by molar-refractivity contribution is 0.172. The van der Waals surface area contributed by atoms with Crippen LogP contribution in [-0.2, 0) is 0 Å². The van der Waals surface area contributed by atoms with Crippen molar-refractivity contribution in [2.45, 2.75) is 32.0 Å². The first-order chi connectivity index (χ1) is 5.18. The Hall–Kier alpha value is -0.150. The van der Waals surface area contributed by atoms with Crippen LogP contribution >= 0.6 is 0 Å². The van der Waals surface area contributed by atoms with E-state index < -0.39 is 6.17 Å². The maximum Gasteiger partial charge on any atom is 0.0985 e. The molecule has 0 radical (unpaired) electrons. The number of rotatable bonds is 3. The van der Waals surface area contributed by atoms with Crippen LogP contribution in [0.2, 0.25) is 0 Å². The molecule has 1 N–H and O–H groups in total. The number of aliphatic hydroxyl groups is 1. The summed E-state index contributed by atoms with van der Waals surface area (Å²) in [6.45, 7) is 4.02. The maximum absolute atomic E-state index is 12.4. The Morgan fingerprint density at radius 2 is 2.45 bits per heavy atom. The molecule has 66 valence electrons. The highest BCUT2D eigenvalue weighted by Crippen LogP contribution is 2.09. The van der Waals surface area contributed by atoms with Gasteiger partial charge in [-0.15, -0.1) is 0 Å². The van der Waals surface area contributed by atoms with Crippen molar-refractivity contribution in [3.05, 3.63) is 0 Å². The van der Waals surface area contributed by atoms with Gasteiger partial charge in [-0.05, 0) is 19.8 Å². The van der Waals surface area contributed by atoms with Crippen molar-refractivity contribution in [3.8, 4) is 0 Å². The van der Waals surface area contributed by atoms with Crippen molar-refractivity contribution in [2.75, 3.05) is 19.6 Å². The van der Waals surface area contributed by atoms with E-state index in [0.717, 1.165) is 26.1 Å². The molecule has 1 rings (SSSR count). The molecule has 0 aromatic rings. The first-order valence-corrected chi connectivity index (χ1v) is 4.23. The average molecular weight is 161 g/mol. The lowest BCUT2D eigenvalue weighted by Crippen LogP contribution is -2.24. The van der Waals surface area contributed by atoms with Crippen molar-refractivity contribution in [1.29, 1.82) is 0 Å². The molecule has 1 fully saturated rings. The van der Waals surface area contributed by atoms with Crippen LogP contribution in [0, 0.1) is 0 Å². The number of aliphatic hydroxyl groups excluding tert-OH is 1. The van der Waals surface area contributed by atoms with Gasteiger partial charge in [-0.2, -0.15) is 0 Å². The number of alkyl halides is 1. The molecule has 0 aromatic carbocycles. The number of likely N-dealkylation sites (tertiary alicyclic amines) is 1. The molecule has 0 amide bonds. The molecular weight excluding hydrogens is 145 g/mol. The van der Waals surface area contributed by atoms with Gasteiger partial charge in [-0.3, -0.25) is 0 Å². The second-order valence-electron chi connectivity index (χ2n) is 3.31. The fraction of sp³-hybridized carbons (Fsp3) is 1.00. The molecule has 0 saturated carbocycles. The Balaban J connectivity index is 2.08. The minimum absolute atomic E-state index is 0.176. The summed E-state index contributed by atoms with van der Waals surface area (Å²) >= 11 is 0. The van der Waals surface area contributed by atoms with Gasteiger partial charge in [0.15, 0.2) is 0 Å². The first kappa shape index (κ1) is 8.94.